The summed E-state index contributed by atoms with van der Waals surface area (Å²) in [6.07, 6.45) is 7.19. The van der Waals surface area contributed by atoms with Gasteiger partial charge in [-0.3, -0.25) is 4.79 Å². The third-order valence-electron chi connectivity index (χ3n) is 5.70. The van der Waals surface area contributed by atoms with Crippen molar-refractivity contribution < 1.29 is 9.47 Å². The average molecular weight is 498 g/mol. The van der Waals surface area contributed by atoms with Crippen LogP contribution in [0.15, 0.2) is 50.8 Å². The lowest BCUT2D eigenvalue weighted by Crippen LogP contribution is -2.25. The Morgan fingerprint density at radius 1 is 1.19 bits per heavy atom. The molecule has 1 aliphatic rings. The van der Waals surface area contributed by atoms with E-state index in [2.05, 4.69) is 21.0 Å². The second kappa shape index (κ2) is 9.86. The van der Waals surface area contributed by atoms with Crippen LogP contribution in [-0.4, -0.2) is 29.1 Å². The summed E-state index contributed by atoms with van der Waals surface area (Å²) in [7, 11) is 1.61. The van der Waals surface area contributed by atoms with Crippen LogP contribution in [0.2, 0.25) is 0 Å². The molecule has 1 fully saturated rings. The van der Waals surface area contributed by atoms with Crippen LogP contribution in [-0.2, 0) is 0 Å². The molecule has 6 nitrogen and oxygen atoms in total. The lowest BCUT2D eigenvalue weighted by atomic mass is 9.88. The summed E-state index contributed by atoms with van der Waals surface area (Å²) in [5, 5.41) is 5.18. The Labute approximate surface area is 196 Å². The third kappa shape index (κ3) is 4.72. The van der Waals surface area contributed by atoms with E-state index in [1.54, 1.807) is 19.4 Å². The molecule has 0 aliphatic heterocycles. The number of para-hydroxylation sites is 1. The number of aromatic nitrogens is 2. The van der Waals surface area contributed by atoms with Gasteiger partial charge in [-0.1, -0.05) is 41.3 Å². The fraction of sp³-hybridized carbons (Fsp3) is 0.400. The normalized spacial score (nSPS) is 15.0. The molecular formula is C25H28BrN3O3. The largest absolute Gasteiger partial charge is 0.493 e. The van der Waals surface area contributed by atoms with Crippen molar-refractivity contribution in [1.82, 2.24) is 9.66 Å². The highest BCUT2D eigenvalue weighted by atomic mass is 79.9. The number of hydrogen-bond donors (Lipinski definition) is 0. The quantitative estimate of drug-likeness (QED) is 0.398. The first kappa shape index (κ1) is 22.5. The molecular weight excluding hydrogens is 470 g/mol. The smallest absolute Gasteiger partial charge is 0.282 e. The average Bonchev–Trinajstić information content (AvgIpc) is 2.79. The number of hydrogen-bond acceptors (Lipinski definition) is 5. The van der Waals surface area contributed by atoms with Gasteiger partial charge in [-0.15, -0.1) is 0 Å². The topological polar surface area (TPSA) is 65.7 Å². The SMILES string of the molecule is COc1cccc(C=Nn2c(C3CCCCC3)nc3ccc(Br)cc3c2=O)c1OC(C)C. The summed E-state index contributed by atoms with van der Waals surface area (Å²) in [6.45, 7) is 3.92. The molecule has 0 radical (unpaired) electrons. The van der Waals surface area contributed by atoms with Crippen LogP contribution in [0.5, 0.6) is 11.5 Å². The molecule has 4 rings (SSSR count). The van der Waals surface area contributed by atoms with Crippen LogP contribution in [0.3, 0.4) is 0 Å². The molecule has 1 aromatic heterocycles. The van der Waals surface area contributed by atoms with Crippen molar-refractivity contribution >= 4 is 33.0 Å². The minimum Gasteiger partial charge on any atom is -0.493 e. The molecule has 0 amide bonds. The van der Waals surface area contributed by atoms with E-state index in [-0.39, 0.29) is 17.6 Å². The maximum Gasteiger partial charge on any atom is 0.282 e. The van der Waals surface area contributed by atoms with Crippen molar-refractivity contribution in [2.45, 2.75) is 58.0 Å². The molecule has 168 valence electrons. The van der Waals surface area contributed by atoms with Gasteiger partial charge in [0.25, 0.3) is 5.56 Å². The van der Waals surface area contributed by atoms with E-state index in [0.29, 0.717) is 22.4 Å². The zero-order chi connectivity index (χ0) is 22.7. The summed E-state index contributed by atoms with van der Waals surface area (Å²) >= 11 is 3.47. The van der Waals surface area contributed by atoms with Crippen molar-refractivity contribution in [2.24, 2.45) is 5.10 Å². The molecule has 1 aliphatic carbocycles. The second-order valence-electron chi connectivity index (χ2n) is 8.37. The van der Waals surface area contributed by atoms with Crippen LogP contribution in [0.25, 0.3) is 10.9 Å². The van der Waals surface area contributed by atoms with Gasteiger partial charge in [0.2, 0.25) is 0 Å². The predicted octanol–water partition coefficient (Wildman–Crippen LogP) is 5.88. The van der Waals surface area contributed by atoms with Crippen LogP contribution >= 0.6 is 15.9 Å². The molecule has 0 unspecified atom stereocenters. The van der Waals surface area contributed by atoms with Crippen molar-refractivity contribution in [2.75, 3.05) is 7.11 Å². The Bertz CT molecular complexity index is 1200. The highest BCUT2D eigenvalue weighted by Crippen LogP contribution is 2.33. The Hall–Kier alpha value is -2.67. The van der Waals surface area contributed by atoms with Crippen LogP contribution in [0, 0.1) is 0 Å². The lowest BCUT2D eigenvalue weighted by Gasteiger charge is -2.23. The van der Waals surface area contributed by atoms with Gasteiger partial charge in [-0.25, -0.2) is 4.98 Å². The van der Waals surface area contributed by atoms with E-state index >= 15 is 0 Å². The second-order valence-corrected chi connectivity index (χ2v) is 9.29. The van der Waals surface area contributed by atoms with Gasteiger partial charge in [0.1, 0.15) is 5.82 Å². The van der Waals surface area contributed by atoms with Gasteiger partial charge in [-0.05, 0) is 57.0 Å². The monoisotopic (exact) mass is 497 g/mol. The zero-order valence-electron chi connectivity index (χ0n) is 18.7. The van der Waals surface area contributed by atoms with Crippen LogP contribution in [0.1, 0.15) is 63.3 Å². The van der Waals surface area contributed by atoms with E-state index in [4.69, 9.17) is 14.5 Å². The van der Waals surface area contributed by atoms with Crippen molar-refractivity contribution in [3.05, 3.63) is 62.6 Å². The van der Waals surface area contributed by atoms with Crippen LogP contribution < -0.4 is 15.0 Å². The molecule has 0 N–H and O–H groups in total. The Balaban J connectivity index is 1.86. The maximum atomic E-state index is 13.5. The highest BCUT2D eigenvalue weighted by molar-refractivity contribution is 9.10. The molecule has 0 bridgehead atoms. The molecule has 3 aromatic rings. The van der Waals surface area contributed by atoms with E-state index < -0.39 is 0 Å². The maximum absolute atomic E-state index is 13.5. The standard InChI is InChI=1S/C25H28BrN3O3/c1-16(2)32-23-18(10-7-11-22(23)31-3)15-27-29-24(17-8-5-4-6-9-17)28-21-13-12-19(26)14-20(21)25(29)30/h7,10-17H,4-6,8-9H2,1-3H3. The number of ether oxygens (including phenoxy) is 2. The number of fused-ring (bicyclic) bond motifs is 1. The van der Waals surface area contributed by atoms with Gasteiger partial charge < -0.3 is 9.47 Å². The van der Waals surface area contributed by atoms with Gasteiger partial charge >= 0.3 is 0 Å². The first-order chi connectivity index (χ1) is 15.5. The predicted molar refractivity (Wildman–Crippen MR) is 131 cm³/mol. The molecule has 0 spiro atoms. The number of nitrogens with zero attached hydrogens (tertiary/aromatic N) is 3. The van der Waals surface area contributed by atoms with Gasteiger partial charge in [0.15, 0.2) is 11.5 Å². The van der Waals surface area contributed by atoms with Gasteiger partial charge in [0.05, 0.1) is 30.3 Å². The summed E-state index contributed by atoms with van der Waals surface area (Å²) in [5.41, 5.74) is 1.28. The highest BCUT2D eigenvalue weighted by Gasteiger charge is 2.22. The number of benzene rings is 2. The van der Waals surface area contributed by atoms with Gasteiger partial charge in [-0.2, -0.15) is 9.78 Å². The molecule has 0 atom stereocenters. The van der Waals surface area contributed by atoms with Crippen molar-refractivity contribution in [1.29, 1.82) is 0 Å². The minimum absolute atomic E-state index is 0.0290. The first-order valence-corrected chi connectivity index (χ1v) is 11.9. The zero-order valence-corrected chi connectivity index (χ0v) is 20.3. The van der Waals surface area contributed by atoms with E-state index in [1.807, 2.05) is 44.2 Å². The van der Waals surface area contributed by atoms with E-state index in [9.17, 15) is 4.79 Å². The number of halogens is 1. The summed E-state index contributed by atoms with van der Waals surface area (Å²) in [5.74, 6) is 2.19. The Kier molecular flexibility index (Phi) is 6.94. The Morgan fingerprint density at radius 2 is 1.97 bits per heavy atom. The van der Waals surface area contributed by atoms with E-state index in [0.717, 1.165) is 41.5 Å². The fourth-order valence-electron chi connectivity index (χ4n) is 4.18. The fourth-order valence-corrected chi connectivity index (χ4v) is 4.54. The van der Waals surface area contributed by atoms with Crippen molar-refractivity contribution in [3.8, 4) is 11.5 Å². The molecule has 32 heavy (non-hydrogen) atoms. The molecule has 0 saturated heterocycles. The number of rotatable bonds is 6. The first-order valence-electron chi connectivity index (χ1n) is 11.1. The number of methoxy groups -OCH3 is 1. The summed E-state index contributed by atoms with van der Waals surface area (Å²) in [4.78, 5) is 18.4. The Morgan fingerprint density at radius 3 is 2.69 bits per heavy atom. The lowest BCUT2D eigenvalue weighted by molar-refractivity contribution is 0.230. The summed E-state index contributed by atoms with van der Waals surface area (Å²) < 4.78 is 13.8. The van der Waals surface area contributed by atoms with E-state index in [1.165, 1.54) is 11.1 Å². The minimum atomic E-state index is -0.164. The molecule has 2 aromatic carbocycles. The third-order valence-corrected chi connectivity index (χ3v) is 6.19. The van der Waals surface area contributed by atoms with Gasteiger partial charge in [0, 0.05) is 16.0 Å². The van der Waals surface area contributed by atoms with Crippen molar-refractivity contribution in [3.63, 3.8) is 0 Å². The summed E-state index contributed by atoms with van der Waals surface area (Å²) in [6, 6.07) is 11.2. The molecule has 1 saturated carbocycles. The molecule has 7 heteroatoms. The molecule has 1 heterocycles. The van der Waals surface area contributed by atoms with Crippen LogP contribution in [0.4, 0.5) is 0 Å².